The van der Waals surface area contributed by atoms with Gasteiger partial charge in [0.1, 0.15) is 7.85 Å². The summed E-state index contributed by atoms with van der Waals surface area (Å²) < 4.78 is 0. The number of nitrogens with one attached hydrogen (secondary N) is 1. The minimum Gasteiger partial charge on any atom is -0.358 e. The summed E-state index contributed by atoms with van der Waals surface area (Å²) in [4.78, 5) is 4.22. The molecule has 0 atom stereocenters. The van der Waals surface area contributed by atoms with Crippen molar-refractivity contribution in [2.45, 2.75) is 27.2 Å². The van der Waals surface area contributed by atoms with Crippen LogP contribution in [-0.4, -0.2) is 20.2 Å². The van der Waals surface area contributed by atoms with Gasteiger partial charge in [-0.15, -0.1) is 0 Å². The molecule has 0 fully saturated rings. The lowest BCUT2D eigenvalue weighted by Gasteiger charge is -2.04. The maximum Gasteiger partial charge on any atom is 0.137 e. The summed E-state index contributed by atoms with van der Waals surface area (Å²) >= 11 is 0. The van der Waals surface area contributed by atoms with E-state index in [0.717, 1.165) is 18.8 Å². The summed E-state index contributed by atoms with van der Waals surface area (Å²) in [7, 11) is 5.51. The van der Waals surface area contributed by atoms with Gasteiger partial charge in [-0.3, -0.25) is 4.99 Å². The SMILES string of the molecule is [B]/C(=C/C)NC(C)=NCCC. The van der Waals surface area contributed by atoms with Crippen molar-refractivity contribution in [3.8, 4) is 0 Å². The Bertz CT molecular complexity index is 161. The maximum absolute atomic E-state index is 5.51. The first-order chi connectivity index (χ1) is 5.20. The minimum absolute atomic E-state index is 0.655. The second-order valence-corrected chi connectivity index (χ2v) is 2.34. The van der Waals surface area contributed by atoms with Crippen LogP contribution in [0.3, 0.4) is 0 Å². The Balaban J connectivity index is 3.76. The molecule has 0 spiro atoms. The molecular formula is C8H15BN2. The Morgan fingerprint density at radius 3 is 2.73 bits per heavy atom. The number of amidine groups is 1. The zero-order chi connectivity index (χ0) is 8.69. The molecule has 0 bridgehead atoms. The second kappa shape index (κ2) is 6.02. The monoisotopic (exact) mass is 150 g/mol. The van der Waals surface area contributed by atoms with Crippen LogP contribution < -0.4 is 5.32 Å². The fourth-order valence-corrected chi connectivity index (χ4v) is 0.600. The van der Waals surface area contributed by atoms with Crippen molar-refractivity contribution < 1.29 is 0 Å². The van der Waals surface area contributed by atoms with Crippen LogP contribution in [0, 0.1) is 0 Å². The van der Waals surface area contributed by atoms with Gasteiger partial charge in [0.2, 0.25) is 0 Å². The van der Waals surface area contributed by atoms with E-state index in [4.69, 9.17) is 7.85 Å². The molecule has 0 aliphatic rings. The van der Waals surface area contributed by atoms with Gasteiger partial charge in [0.05, 0.1) is 5.84 Å². The molecule has 0 saturated heterocycles. The molecule has 2 radical (unpaired) electrons. The summed E-state index contributed by atoms with van der Waals surface area (Å²) in [6.07, 6.45) is 2.87. The molecule has 0 unspecified atom stereocenters. The van der Waals surface area contributed by atoms with Crippen LogP contribution in [0.4, 0.5) is 0 Å². The zero-order valence-corrected chi connectivity index (χ0v) is 7.52. The predicted octanol–water partition coefficient (Wildman–Crippen LogP) is 1.43. The molecule has 3 heteroatoms. The third kappa shape index (κ3) is 5.71. The molecule has 0 aromatic carbocycles. The fraction of sp³-hybridized carbons (Fsp3) is 0.625. The number of nitrogens with zero attached hydrogens (tertiary/aromatic N) is 1. The quantitative estimate of drug-likeness (QED) is 0.367. The van der Waals surface area contributed by atoms with Gasteiger partial charge in [-0.05, 0) is 25.9 Å². The predicted molar refractivity (Wildman–Crippen MR) is 50.9 cm³/mol. The highest BCUT2D eigenvalue weighted by Gasteiger charge is 1.87. The van der Waals surface area contributed by atoms with Crippen molar-refractivity contribution in [2.24, 2.45) is 4.99 Å². The normalized spacial score (nSPS) is 13.4. The average Bonchev–Trinajstić information content (AvgIpc) is 2.00. The highest BCUT2D eigenvalue weighted by molar-refractivity contribution is 6.22. The van der Waals surface area contributed by atoms with Crippen LogP contribution in [0.5, 0.6) is 0 Å². The molecule has 60 valence electrons. The summed E-state index contributed by atoms with van der Waals surface area (Å²) in [5.74, 6) is 0.877. The summed E-state index contributed by atoms with van der Waals surface area (Å²) in [6, 6.07) is 0. The van der Waals surface area contributed by atoms with Gasteiger partial charge >= 0.3 is 0 Å². The summed E-state index contributed by atoms with van der Waals surface area (Å²) in [5, 5.41) is 2.95. The molecule has 1 N–H and O–H groups in total. The lowest BCUT2D eigenvalue weighted by Crippen LogP contribution is -2.19. The van der Waals surface area contributed by atoms with Gasteiger partial charge in [0.25, 0.3) is 0 Å². The van der Waals surface area contributed by atoms with Gasteiger partial charge in [0, 0.05) is 6.54 Å². The lowest BCUT2D eigenvalue weighted by molar-refractivity contribution is 0.921. The van der Waals surface area contributed by atoms with Gasteiger partial charge in [-0.25, -0.2) is 0 Å². The van der Waals surface area contributed by atoms with E-state index in [-0.39, 0.29) is 0 Å². The molecule has 0 aliphatic carbocycles. The van der Waals surface area contributed by atoms with Crippen molar-refractivity contribution in [3.63, 3.8) is 0 Å². The number of hydrogen-bond acceptors (Lipinski definition) is 1. The van der Waals surface area contributed by atoms with E-state index < -0.39 is 0 Å². The van der Waals surface area contributed by atoms with Gasteiger partial charge in [0.15, 0.2) is 0 Å². The molecule has 0 rings (SSSR count). The highest BCUT2D eigenvalue weighted by atomic mass is 15.0. The second-order valence-electron chi connectivity index (χ2n) is 2.34. The largest absolute Gasteiger partial charge is 0.358 e. The standard InChI is InChI=1S/C8H15BN2/c1-4-6-10-7(3)11-8(9)5-2/h5H,4,6H2,1-3H3,(H,10,11)/b8-5-. The van der Waals surface area contributed by atoms with E-state index in [2.05, 4.69) is 17.2 Å². The van der Waals surface area contributed by atoms with Gasteiger partial charge in [-0.2, -0.15) is 0 Å². The topological polar surface area (TPSA) is 24.4 Å². The van der Waals surface area contributed by atoms with Crippen molar-refractivity contribution in [2.75, 3.05) is 6.54 Å². The molecule has 0 aliphatic heterocycles. The van der Waals surface area contributed by atoms with Crippen LogP contribution in [-0.2, 0) is 0 Å². The maximum atomic E-state index is 5.51. The number of rotatable bonds is 3. The van der Waals surface area contributed by atoms with Crippen LogP contribution in [0.15, 0.2) is 16.7 Å². The van der Waals surface area contributed by atoms with E-state index in [1.807, 2.05) is 19.9 Å². The van der Waals surface area contributed by atoms with Crippen LogP contribution in [0.25, 0.3) is 0 Å². The van der Waals surface area contributed by atoms with Gasteiger partial charge in [-0.1, -0.05) is 13.0 Å². The Labute approximate surface area is 70.2 Å². The van der Waals surface area contributed by atoms with Crippen LogP contribution in [0.1, 0.15) is 27.2 Å². The summed E-state index contributed by atoms with van der Waals surface area (Å²) in [6.45, 7) is 6.74. The number of allylic oxidation sites excluding steroid dienone is 1. The summed E-state index contributed by atoms with van der Waals surface area (Å²) in [5.41, 5.74) is 0.655. The molecule has 2 nitrogen and oxygen atoms in total. The molecule has 0 aromatic rings. The van der Waals surface area contributed by atoms with E-state index in [9.17, 15) is 0 Å². The van der Waals surface area contributed by atoms with Crippen LogP contribution in [0.2, 0.25) is 0 Å². The Morgan fingerprint density at radius 2 is 2.27 bits per heavy atom. The number of hydrogen-bond donors (Lipinski definition) is 1. The Morgan fingerprint density at radius 1 is 1.64 bits per heavy atom. The van der Waals surface area contributed by atoms with E-state index >= 15 is 0 Å². The minimum atomic E-state index is 0.655. The van der Waals surface area contributed by atoms with Crippen LogP contribution >= 0.6 is 0 Å². The number of aliphatic imine (C=N–C) groups is 1. The molecular weight excluding hydrogens is 135 g/mol. The van der Waals surface area contributed by atoms with Crippen molar-refractivity contribution >= 4 is 13.7 Å². The Hall–Kier alpha value is -0.725. The van der Waals surface area contributed by atoms with E-state index in [1.54, 1.807) is 0 Å². The molecule has 0 amide bonds. The molecule has 0 aromatic heterocycles. The third-order valence-electron chi connectivity index (χ3n) is 1.21. The first-order valence-corrected chi connectivity index (χ1v) is 3.90. The highest BCUT2D eigenvalue weighted by Crippen LogP contribution is 1.83. The first-order valence-electron chi connectivity index (χ1n) is 3.90. The fourth-order valence-electron chi connectivity index (χ4n) is 0.600. The molecule has 11 heavy (non-hydrogen) atoms. The molecule has 0 saturated carbocycles. The van der Waals surface area contributed by atoms with Crippen molar-refractivity contribution in [3.05, 3.63) is 11.7 Å². The lowest BCUT2D eigenvalue weighted by atomic mass is 10.0. The average molecular weight is 150 g/mol. The van der Waals surface area contributed by atoms with Crippen molar-refractivity contribution in [1.29, 1.82) is 0 Å². The first kappa shape index (κ1) is 10.3. The van der Waals surface area contributed by atoms with E-state index in [0.29, 0.717) is 5.60 Å². The van der Waals surface area contributed by atoms with E-state index in [1.165, 1.54) is 0 Å². The molecule has 0 heterocycles. The Kier molecular flexibility index (Phi) is 5.62. The zero-order valence-electron chi connectivity index (χ0n) is 7.52. The third-order valence-corrected chi connectivity index (χ3v) is 1.21. The van der Waals surface area contributed by atoms with Gasteiger partial charge < -0.3 is 5.32 Å². The smallest absolute Gasteiger partial charge is 0.137 e. The van der Waals surface area contributed by atoms with Crippen molar-refractivity contribution in [1.82, 2.24) is 5.32 Å².